The molecular weight excluding hydrogens is 643 g/mol. The monoisotopic (exact) mass is 666 g/mol. The summed E-state index contributed by atoms with van der Waals surface area (Å²) in [5.41, 5.74) is -4.52. The van der Waals surface area contributed by atoms with E-state index in [-0.39, 0.29) is 55.3 Å². The minimum atomic E-state index is -5.63. The first-order valence-corrected chi connectivity index (χ1v) is 15.0. The van der Waals surface area contributed by atoms with Gasteiger partial charge >= 0.3 is 18.3 Å². The summed E-state index contributed by atoms with van der Waals surface area (Å²) >= 11 is 5.63. The maximum absolute atomic E-state index is 15.6. The Bertz CT molecular complexity index is 1500. The Morgan fingerprint density at radius 3 is 2.19 bits per heavy atom. The minimum absolute atomic E-state index is 0.0151. The molecule has 1 amide bonds. The summed E-state index contributed by atoms with van der Waals surface area (Å²) < 4.78 is 153. The fourth-order valence-electron chi connectivity index (χ4n) is 4.74. The average Bonchev–Trinajstić information content (AvgIpc) is 3.71. The van der Waals surface area contributed by atoms with E-state index in [1.165, 1.54) is 4.90 Å². The van der Waals surface area contributed by atoms with Gasteiger partial charge in [0, 0.05) is 31.3 Å². The summed E-state index contributed by atoms with van der Waals surface area (Å²) in [7, 11) is -4.91. The Hall–Kier alpha value is -2.72. The number of ether oxygens (including phenoxy) is 1. The smallest absolute Gasteiger partial charge is 0.472 e. The topological polar surface area (TPSA) is 66.9 Å². The third-order valence-electron chi connectivity index (χ3n) is 7.14. The lowest BCUT2D eigenvalue weighted by Gasteiger charge is -2.36. The van der Waals surface area contributed by atoms with E-state index in [9.17, 15) is 43.9 Å². The maximum atomic E-state index is 15.6. The van der Waals surface area contributed by atoms with Gasteiger partial charge < -0.3 is 4.74 Å². The Kier molecular flexibility index (Phi) is 8.99. The van der Waals surface area contributed by atoms with E-state index in [2.05, 4.69) is 0 Å². The number of halogens is 10. The predicted octanol–water partition coefficient (Wildman–Crippen LogP) is 6.75. The zero-order chi connectivity index (χ0) is 32.1. The Morgan fingerprint density at radius 2 is 1.67 bits per heavy atom. The highest BCUT2D eigenvalue weighted by molar-refractivity contribution is 7.92. The fraction of sp³-hybridized carbons (Fsp3) is 0.500. The van der Waals surface area contributed by atoms with Crippen molar-refractivity contribution in [3.05, 3.63) is 57.6 Å². The molecule has 0 radical (unpaired) electrons. The van der Waals surface area contributed by atoms with Gasteiger partial charge in [-0.05, 0) is 55.4 Å². The quantitative estimate of drug-likeness (QED) is 0.292. The first kappa shape index (κ1) is 33.2. The van der Waals surface area contributed by atoms with Gasteiger partial charge in [-0.15, -0.1) is 0 Å². The van der Waals surface area contributed by atoms with Crippen LogP contribution in [0.5, 0.6) is 5.75 Å². The molecule has 1 saturated heterocycles. The second-order valence-corrected chi connectivity index (χ2v) is 12.8. The molecule has 1 aliphatic carbocycles. The molecule has 238 valence electrons. The lowest BCUT2D eigenvalue weighted by atomic mass is 9.93. The summed E-state index contributed by atoms with van der Waals surface area (Å²) in [6, 6.07) is 2.48. The number of rotatable bonds is 8. The van der Waals surface area contributed by atoms with Crippen LogP contribution in [0.1, 0.15) is 48.3 Å². The van der Waals surface area contributed by atoms with Gasteiger partial charge in [-0.25, -0.2) is 21.6 Å². The first-order chi connectivity index (χ1) is 19.7. The van der Waals surface area contributed by atoms with Crippen LogP contribution in [0.4, 0.5) is 45.2 Å². The molecule has 0 atom stereocenters. The van der Waals surface area contributed by atoms with Crippen LogP contribution in [0.2, 0.25) is 5.02 Å². The van der Waals surface area contributed by atoms with Crippen LogP contribution < -0.4 is 9.04 Å². The number of piperidine rings is 1. The summed E-state index contributed by atoms with van der Waals surface area (Å²) in [6.07, 6.45) is -9.48. The molecule has 2 aliphatic rings. The van der Waals surface area contributed by atoms with Crippen molar-refractivity contribution in [1.82, 2.24) is 4.90 Å². The number of hydrogen-bond donors (Lipinski definition) is 0. The van der Waals surface area contributed by atoms with Crippen LogP contribution in [0.15, 0.2) is 24.3 Å². The number of benzene rings is 2. The zero-order valence-corrected chi connectivity index (χ0v) is 23.8. The van der Waals surface area contributed by atoms with Gasteiger partial charge in [0.2, 0.25) is 10.0 Å². The molecule has 43 heavy (non-hydrogen) atoms. The second-order valence-electron chi connectivity index (χ2n) is 10.6. The van der Waals surface area contributed by atoms with E-state index in [4.69, 9.17) is 16.3 Å². The first-order valence-electron chi connectivity index (χ1n) is 12.7. The van der Waals surface area contributed by atoms with Crippen LogP contribution in [0.3, 0.4) is 0 Å². The van der Waals surface area contributed by atoms with Gasteiger partial charge in [0.25, 0.3) is 0 Å². The van der Waals surface area contributed by atoms with Gasteiger partial charge in [0.1, 0.15) is 23.8 Å². The molecule has 2 aromatic rings. The molecule has 6 nitrogen and oxygen atoms in total. The Morgan fingerprint density at radius 1 is 1.07 bits per heavy atom. The molecule has 2 fully saturated rings. The lowest BCUT2D eigenvalue weighted by Crippen LogP contribution is -2.45. The minimum Gasteiger partial charge on any atom is -0.490 e. The predicted molar refractivity (Wildman–Crippen MR) is 137 cm³/mol. The number of carbonyl (C=O) groups is 1. The largest absolute Gasteiger partial charge is 0.490 e. The highest BCUT2D eigenvalue weighted by Gasteiger charge is 2.48. The van der Waals surface area contributed by atoms with Crippen molar-refractivity contribution in [2.75, 3.05) is 30.3 Å². The van der Waals surface area contributed by atoms with E-state index in [0.717, 1.165) is 6.07 Å². The Balaban J connectivity index is 1.48. The third kappa shape index (κ3) is 7.69. The van der Waals surface area contributed by atoms with Crippen LogP contribution in [-0.4, -0.2) is 57.0 Å². The molecule has 4 rings (SSSR count). The Labute approximate surface area is 245 Å². The van der Waals surface area contributed by atoms with Gasteiger partial charge in [-0.2, -0.15) is 30.6 Å². The van der Waals surface area contributed by atoms with E-state index < -0.39 is 72.8 Å². The van der Waals surface area contributed by atoms with Crippen molar-refractivity contribution in [3.63, 3.8) is 0 Å². The van der Waals surface area contributed by atoms with E-state index in [0.29, 0.717) is 37.3 Å². The standard InChI is InChI=1S/C26H24ClF9N2O4S/c1-43(40,41)38(23(39)26(34,35)36)20-10-17(14-2-3-14)21(11-19(20)28)42-13-24(30)4-6-37(7-5-24)12-15-8-16(25(31,32)33)9-18(27)22(15)29/h8-11,14H,2-7,12-13H2,1H3. The van der Waals surface area contributed by atoms with Gasteiger partial charge in [-0.3, -0.25) is 9.69 Å². The number of alkyl halides is 7. The van der Waals surface area contributed by atoms with E-state index in [1.807, 2.05) is 0 Å². The molecule has 1 heterocycles. The maximum Gasteiger partial charge on any atom is 0.472 e. The van der Waals surface area contributed by atoms with Crippen molar-refractivity contribution in [2.24, 2.45) is 0 Å². The second kappa shape index (κ2) is 11.7. The lowest BCUT2D eigenvalue weighted by molar-refractivity contribution is -0.169. The highest BCUT2D eigenvalue weighted by atomic mass is 35.5. The highest BCUT2D eigenvalue weighted by Crippen LogP contribution is 2.47. The number of likely N-dealkylation sites (tertiary alicyclic amines) is 1. The number of sulfonamides is 1. The number of nitrogens with zero attached hydrogens (tertiary/aromatic N) is 2. The molecule has 0 aromatic heterocycles. The molecule has 0 spiro atoms. The van der Waals surface area contributed by atoms with Crippen molar-refractivity contribution < 1.29 is 57.5 Å². The van der Waals surface area contributed by atoms with Crippen LogP contribution in [0.25, 0.3) is 0 Å². The summed E-state index contributed by atoms with van der Waals surface area (Å²) in [4.78, 5) is 13.4. The van der Waals surface area contributed by atoms with Crippen LogP contribution in [0, 0.1) is 11.6 Å². The number of carbonyl (C=O) groups excluding carboxylic acids is 1. The van der Waals surface area contributed by atoms with Gasteiger partial charge in [-0.1, -0.05) is 11.6 Å². The normalized spacial score (nSPS) is 18.0. The molecule has 0 N–H and O–H groups in total. The molecule has 1 aliphatic heterocycles. The SMILES string of the molecule is CS(=O)(=O)N(C(=O)C(F)(F)F)c1cc(C2CC2)c(OCC2(F)CCN(Cc3cc(C(F)(F)F)cc(Cl)c3F)CC2)cc1F. The number of hydrogen-bond acceptors (Lipinski definition) is 5. The molecule has 0 unspecified atom stereocenters. The van der Waals surface area contributed by atoms with Gasteiger partial charge in [0.05, 0.1) is 22.5 Å². The van der Waals surface area contributed by atoms with Gasteiger partial charge in [0.15, 0.2) is 5.82 Å². The van der Waals surface area contributed by atoms with Crippen molar-refractivity contribution in [2.45, 2.75) is 56.2 Å². The van der Waals surface area contributed by atoms with Crippen molar-refractivity contribution >= 4 is 33.2 Å². The zero-order valence-electron chi connectivity index (χ0n) is 22.3. The van der Waals surface area contributed by atoms with Crippen LogP contribution in [-0.2, 0) is 27.5 Å². The third-order valence-corrected chi connectivity index (χ3v) is 8.44. The summed E-state index contributed by atoms with van der Waals surface area (Å²) in [5, 5.41) is -0.706. The summed E-state index contributed by atoms with van der Waals surface area (Å²) in [5.74, 6) is -5.96. The van der Waals surface area contributed by atoms with Crippen molar-refractivity contribution in [1.29, 1.82) is 0 Å². The molecule has 0 bridgehead atoms. The molecule has 17 heteroatoms. The van der Waals surface area contributed by atoms with Crippen LogP contribution >= 0.6 is 11.6 Å². The molecule has 1 saturated carbocycles. The summed E-state index contributed by atoms with van der Waals surface area (Å²) in [6.45, 7) is -0.948. The number of anilines is 1. The molecular formula is C26H24ClF9N2O4S. The fourth-order valence-corrected chi connectivity index (χ4v) is 5.88. The van der Waals surface area contributed by atoms with E-state index >= 15 is 8.78 Å². The number of amides is 1. The van der Waals surface area contributed by atoms with Crippen molar-refractivity contribution in [3.8, 4) is 5.75 Å². The average molecular weight is 667 g/mol. The molecule has 2 aromatic carbocycles. The van der Waals surface area contributed by atoms with E-state index in [1.54, 1.807) is 0 Å².